The number of ketones is 1. The van der Waals surface area contributed by atoms with Gasteiger partial charge < -0.3 is 5.32 Å². The summed E-state index contributed by atoms with van der Waals surface area (Å²) in [7, 11) is 1.75. The first-order chi connectivity index (χ1) is 7.81. The molecule has 1 aromatic heterocycles. The average Bonchev–Trinajstić information content (AvgIpc) is 2.80. The van der Waals surface area contributed by atoms with Gasteiger partial charge in [0.1, 0.15) is 0 Å². The first kappa shape index (κ1) is 10.6. The van der Waals surface area contributed by atoms with Gasteiger partial charge in [0.15, 0.2) is 5.78 Å². The van der Waals surface area contributed by atoms with Crippen molar-refractivity contribution < 1.29 is 4.79 Å². The Hall–Kier alpha value is -1.94. The van der Waals surface area contributed by atoms with E-state index in [1.807, 2.05) is 30.3 Å². The molecule has 0 saturated heterocycles. The van der Waals surface area contributed by atoms with E-state index in [4.69, 9.17) is 0 Å². The van der Waals surface area contributed by atoms with Gasteiger partial charge in [-0.1, -0.05) is 18.2 Å². The van der Waals surface area contributed by atoms with Crippen LogP contribution >= 0.6 is 0 Å². The molecule has 0 unspecified atom stereocenters. The zero-order valence-corrected chi connectivity index (χ0v) is 9.05. The molecule has 0 saturated carbocycles. The third-order valence-corrected chi connectivity index (χ3v) is 2.26. The lowest BCUT2D eigenvalue weighted by atomic mass is 10.2. The van der Waals surface area contributed by atoms with Crippen LogP contribution < -0.4 is 5.32 Å². The summed E-state index contributed by atoms with van der Waals surface area (Å²) >= 11 is 0. The molecule has 4 heteroatoms. The number of likely N-dealkylation sites (N-methyl/N-ethyl adjacent to an activating group) is 1. The van der Waals surface area contributed by atoms with Crippen molar-refractivity contribution in [1.82, 2.24) is 15.1 Å². The Morgan fingerprint density at radius 3 is 2.81 bits per heavy atom. The van der Waals surface area contributed by atoms with E-state index in [0.29, 0.717) is 12.1 Å². The normalized spacial score (nSPS) is 10.3. The molecule has 1 N–H and O–H groups in total. The monoisotopic (exact) mass is 215 g/mol. The minimum atomic E-state index is 0.0460. The summed E-state index contributed by atoms with van der Waals surface area (Å²) in [4.78, 5) is 11.6. The smallest absolute Gasteiger partial charge is 0.179 e. The summed E-state index contributed by atoms with van der Waals surface area (Å²) in [5.74, 6) is 0.0460. The van der Waals surface area contributed by atoms with E-state index in [2.05, 4.69) is 10.4 Å². The standard InChI is InChI=1S/C12H13N3O/c1-13-8-12(16)10-7-14-15(9-10)11-5-3-2-4-6-11/h2-7,9,13H,8H2,1H3. The maximum absolute atomic E-state index is 11.6. The highest BCUT2D eigenvalue weighted by molar-refractivity contribution is 5.97. The average molecular weight is 215 g/mol. The van der Waals surface area contributed by atoms with Crippen LogP contribution in [0.25, 0.3) is 5.69 Å². The molecule has 0 aliphatic rings. The quantitative estimate of drug-likeness (QED) is 0.781. The summed E-state index contributed by atoms with van der Waals surface area (Å²) in [6, 6.07) is 9.71. The van der Waals surface area contributed by atoms with Gasteiger partial charge in [-0.05, 0) is 19.2 Å². The summed E-state index contributed by atoms with van der Waals surface area (Å²) in [5.41, 5.74) is 1.57. The molecule has 2 aromatic rings. The van der Waals surface area contributed by atoms with Gasteiger partial charge in [0, 0.05) is 6.20 Å². The molecule has 0 radical (unpaired) electrons. The number of Topliss-reactive ketones (excluding diaryl/α,β-unsaturated/α-hetero) is 1. The summed E-state index contributed by atoms with van der Waals surface area (Å²) in [6.45, 7) is 0.334. The van der Waals surface area contributed by atoms with Gasteiger partial charge in [-0.25, -0.2) is 4.68 Å². The van der Waals surface area contributed by atoms with Crippen molar-refractivity contribution >= 4 is 5.78 Å². The molecule has 1 aromatic carbocycles. The van der Waals surface area contributed by atoms with Gasteiger partial charge >= 0.3 is 0 Å². The second-order valence-corrected chi connectivity index (χ2v) is 3.46. The van der Waals surface area contributed by atoms with Crippen LogP contribution in [0.1, 0.15) is 10.4 Å². The minimum Gasteiger partial charge on any atom is -0.313 e. The molecule has 0 bridgehead atoms. The largest absolute Gasteiger partial charge is 0.313 e. The molecule has 0 spiro atoms. The molecule has 0 amide bonds. The number of carbonyl (C=O) groups is 1. The third-order valence-electron chi connectivity index (χ3n) is 2.26. The topological polar surface area (TPSA) is 46.9 Å². The Bertz CT molecular complexity index is 476. The molecule has 16 heavy (non-hydrogen) atoms. The minimum absolute atomic E-state index is 0.0460. The molecular formula is C12H13N3O. The third kappa shape index (κ3) is 2.17. The number of carbonyl (C=O) groups excluding carboxylic acids is 1. The summed E-state index contributed by atoms with van der Waals surface area (Å²) in [6.07, 6.45) is 3.34. The highest BCUT2D eigenvalue weighted by atomic mass is 16.1. The molecule has 82 valence electrons. The van der Waals surface area contributed by atoms with Gasteiger partial charge in [-0.2, -0.15) is 5.10 Å². The molecule has 4 nitrogen and oxygen atoms in total. The highest BCUT2D eigenvalue weighted by Crippen LogP contribution is 2.07. The van der Waals surface area contributed by atoms with Crippen LogP contribution in [-0.2, 0) is 0 Å². The van der Waals surface area contributed by atoms with E-state index >= 15 is 0 Å². The maximum atomic E-state index is 11.6. The second-order valence-electron chi connectivity index (χ2n) is 3.46. The van der Waals surface area contributed by atoms with E-state index < -0.39 is 0 Å². The summed E-state index contributed by atoms with van der Waals surface area (Å²) < 4.78 is 1.70. The van der Waals surface area contributed by atoms with Crippen LogP contribution in [0.15, 0.2) is 42.7 Å². The first-order valence-electron chi connectivity index (χ1n) is 5.09. The van der Waals surface area contributed by atoms with Gasteiger partial charge in [-0.15, -0.1) is 0 Å². The Kier molecular flexibility index (Phi) is 3.12. The summed E-state index contributed by atoms with van der Waals surface area (Å²) in [5, 5.41) is 6.99. The number of hydrogen-bond donors (Lipinski definition) is 1. The fraction of sp³-hybridized carbons (Fsp3) is 0.167. The van der Waals surface area contributed by atoms with Crippen molar-refractivity contribution in [2.24, 2.45) is 0 Å². The molecule has 2 rings (SSSR count). The van der Waals surface area contributed by atoms with Gasteiger partial charge in [0.25, 0.3) is 0 Å². The van der Waals surface area contributed by atoms with Crippen molar-refractivity contribution in [1.29, 1.82) is 0 Å². The van der Waals surface area contributed by atoms with Crippen LogP contribution in [0, 0.1) is 0 Å². The second kappa shape index (κ2) is 4.72. The van der Waals surface area contributed by atoms with Crippen LogP contribution in [0.3, 0.4) is 0 Å². The van der Waals surface area contributed by atoms with Gasteiger partial charge in [0.05, 0.1) is 24.0 Å². The van der Waals surface area contributed by atoms with Crippen molar-refractivity contribution in [3.63, 3.8) is 0 Å². The Morgan fingerprint density at radius 1 is 1.38 bits per heavy atom. The van der Waals surface area contributed by atoms with Crippen molar-refractivity contribution in [3.05, 3.63) is 48.3 Å². The lowest BCUT2D eigenvalue weighted by Crippen LogP contribution is -2.17. The number of aromatic nitrogens is 2. The van der Waals surface area contributed by atoms with E-state index in [1.54, 1.807) is 24.1 Å². The molecular weight excluding hydrogens is 202 g/mol. The Balaban J connectivity index is 2.23. The Morgan fingerprint density at radius 2 is 2.12 bits per heavy atom. The van der Waals surface area contributed by atoms with Crippen LogP contribution in [0.2, 0.25) is 0 Å². The van der Waals surface area contributed by atoms with E-state index in [9.17, 15) is 4.79 Å². The van der Waals surface area contributed by atoms with Crippen molar-refractivity contribution in [3.8, 4) is 5.69 Å². The zero-order valence-electron chi connectivity index (χ0n) is 9.05. The number of nitrogens with zero attached hydrogens (tertiary/aromatic N) is 2. The lowest BCUT2D eigenvalue weighted by molar-refractivity contribution is 0.0993. The maximum Gasteiger partial charge on any atom is 0.179 e. The Labute approximate surface area is 93.9 Å². The number of rotatable bonds is 4. The predicted octanol–water partition coefficient (Wildman–Crippen LogP) is 1.27. The molecule has 0 aliphatic heterocycles. The lowest BCUT2D eigenvalue weighted by Gasteiger charge is -1.99. The fourth-order valence-corrected chi connectivity index (χ4v) is 1.45. The van der Waals surface area contributed by atoms with Crippen LogP contribution in [0.5, 0.6) is 0 Å². The van der Waals surface area contributed by atoms with Crippen LogP contribution in [0.4, 0.5) is 0 Å². The first-order valence-corrected chi connectivity index (χ1v) is 5.09. The molecule has 1 heterocycles. The fourth-order valence-electron chi connectivity index (χ4n) is 1.45. The van der Waals surface area contributed by atoms with Gasteiger partial charge in [-0.3, -0.25) is 4.79 Å². The number of benzene rings is 1. The van der Waals surface area contributed by atoms with E-state index in [-0.39, 0.29) is 5.78 Å². The number of nitrogens with one attached hydrogen (secondary N) is 1. The number of hydrogen-bond acceptors (Lipinski definition) is 3. The molecule has 0 aliphatic carbocycles. The number of para-hydroxylation sites is 1. The SMILES string of the molecule is CNCC(=O)c1cnn(-c2ccccc2)c1. The van der Waals surface area contributed by atoms with E-state index in [1.165, 1.54) is 0 Å². The molecule has 0 atom stereocenters. The van der Waals surface area contributed by atoms with Crippen molar-refractivity contribution in [2.75, 3.05) is 13.6 Å². The highest BCUT2D eigenvalue weighted by Gasteiger charge is 2.07. The van der Waals surface area contributed by atoms with E-state index in [0.717, 1.165) is 5.69 Å². The van der Waals surface area contributed by atoms with Crippen molar-refractivity contribution in [2.45, 2.75) is 0 Å². The van der Waals surface area contributed by atoms with Crippen LogP contribution in [-0.4, -0.2) is 29.2 Å². The van der Waals surface area contributed by atoms with Gasteiger partial charge in [0.2, 0.25) is 0 Å². The predicted molar refractivity (Wildman–Crippen MR) is 61.8 cm³/mol. The molecule has 0 fully saturated rings. The zero-order chi connectivity index (χ0) is 11.4.